The van der Waals surface area contributed by atoms with Crippen molar-refractivity contribution in [3.05, 3.63) is 72.9 Å². The second-order valence-electron chi connectivity index (χ2n) is 7.81. The Balaban J connectivity index is 1.41. The van der Waals surface area contributed by atoms with Crippen LogP contribution in [0, 0.1) is 6.92 Å². The van der Waals surface area contributed by atoms with E-state index < -0.39 is 9.84 Å². The number of aryl methyl sites for hydroxylation is 1. The van der Waals surface area contributed by atoms with Crippen LogP contribution in [-0.4, -0.2) is 48.9 Å². The Hall–Kier alpha value is -3.37. The number of nitrogens with zero attached hydrogens (tertiary/aromatic N) is 3. The quantitative estimate of drug-likeness (QED) is 0.374. The van der Waals surface area contributed by atoms with Gasteiger partial charge in [0.25, 0.3) is 0 Å². The van der Waals surface area contributed by atoms with Crippen molar-refractivity contribution in [3.8, 4) is 0 Å². The Kier molecular flexibility index (Phi) is 7.18. The Labute approximate surface area is 203 Å². The van der Waals surface area contributed by atoms with Crippen molar-refractivity contribution in [2.75, 3.05) is 40.1 Å². The first kappa shape index (κ1) is 23.8. The molecule has 176 valence electrons. The van der Waals surface area contributed by atoms with Gasteiger partial charge in [-0.2, -0.15) is 0 Å². The molecule has 0 spiro atoms. The predicted molar refractivity (Wildman–Crippen MR) is 137 cm³/mol. The molecule has 10 heteroatoms. The van der Waals surface area contributed by atoms with Gasteiger partial charge in [0.05, 0.1) is 11.5 Å². The van der Waals surface area contributed by atoms with Crippen LogP contribution in [0.3, 0.4) is 0 Å². The highest BCUT2D eigenvalue weighted by Gasteiger charge is 2.21. The monoisotopic (exact) mass is 495 g/mol. The van der Waals surface area contributed by atoms with Gasteiger partial charge >= 0.3 is 0 Å². The molecule has 1 aliphatic rings. The van der Waals surface area contributed by atoms with Gasteiger partial charge in [0.15, 0.2) is 9.84 Å². The summed E-state index contributed by atoms with van der Waals surface area (Å²) in [5, 5.41) is 6.78. The minimum absolute atomic E-state index is 0.191. The van der Waals surface area contributed by atoms with Gasteiger partial charge in [-0.05, 0) is 61.5 Å². The lowest BCUT2D eigenvalue weighted by Gasteiger charge is -2.28. The third kappa shape index (κ3) is 6.15. The van der Waals surface area contributed by atoms with Crippen molar-refractivity contribution < 1.29 is 13.2 Å². The van der Waals surface area contributed by atoms with E-state index in [4.69, 9.17) is 0 Å². The fourth-order valence-corrected chi connectivity index (χ4v) is 5.40. The molecule has 0 radical (unpaired) electrons. The van der Waals surface area contributed by atoms with E-state index in [1.54, 1.807) is 6.20 Å². The maximum atomic E-state index is 11.6. The Morgan fingerprint density at radius 1 is 1.06 bits per heavy atom. The number of amides is 1. The van der Waals surface area contributed by atoms with E-state index in [9.17, 15) is 13.2 Å². The third-order valence-electron chi connectivity index (χ3n) is 5.28. The van der Waals surface area contributed by atoms with Crippen LogP contribution >= 0.6 is 11.8 Å². The van der Waals surface area contributed by atoms with E-state index in [2.05, 4.69) is 32.1 Å². The van der Waals surface area contributed by atoms with Crippen molar-refractivity contribution >= 4 is 50.5 Å². The highest BCUT2D eigenvalue weighted by Crippen LogP contribution is 2.30. The summed E-state index contributed by atoms with van der Waals surface area (Å²) in [6.07, 6.45) is 3.01. The standard InChI is InChI=1S/C24H25N5O3S2/c1-3-22(30)26-18-6-10-21(11-7-18)33-23-17(2)16-25-24(28-23)27-19-4-8-20(9-5-19)29-12-14-34(31,32)15-13-29/h3-11,16H,1,12-15H2,2H3,(H,26,30)(H,25,27,28). The molecule has 2 N–H and O–H groups in total. The molecule has 2 aromatic carbocycles. The molecule has 1 aliphatic heterocycles. The number of rotatable bonds is 7. The first-order valence-electron chi connectivity index (χ1n) is 10.7. The number of sulfone groups is 1. The van der Waals surface area contributed by atoms with Crippen molar-refractivity contribution in [1.29, 1.82) is 0 Å². The van der Waals surface area contributed by atoms with E-state index in [0.717, 1.165) is 26.9 Å². The van der Waals surface area contributed by atoms with Crippen molar-refractivity contribution in [2.45, 2.75) is 16.8 Å². The molecule has 3 aromatic rings. The fourth-order valence-electron chi connectivity index (χ4n) is 3.36. The largest absolute Gasteiger partial charge is 0.369 e. The Morgan fingerprint density at radius 3 is 2.35 bits per heavy atom. The Morgan fingerprint density at radius 2 is 1.71 bits per heavy atom. The maximum Gasteiger partial charge on any atom is 0.247 e. The average Bonchev–Trinajstić information content (AvgIpc) is 2.83. The van der Waals surface area contributed by atoms with E-state index in [-0.39, 0.29) is 17.4 Å². The number of carbonyl (C=O) groups is 1. The van der Waals surface area contributed by atoms with Crippen molar-refractivity contribution in [1.82, 2.24) is 9.97 Å². The minimum Gasteiger partial charge on any atom is -0.369 e. The summed E-state index contributed by atoms with van der Waals surface area (Å²) in [4.78, 5) is 23.5. The van der Waals surface area contributed by atoms with Crippen LogP contribution in [0.1, 0.15) is 5.56 Å². The summed E-state index contributed by atoms with van der Waals surface area (Å²) in [5.41, 5.74) is 3.49. The Bertz CT molecular complexity index is 1280. The van der Waals surface area contributed by atoms with Gasteiger partial charge < -0.3 is 15.5 Å². The highest BCUT2D eigenvalue weighted by atomic mass is 32.2. The van der Waals surface area contributed by atoms with E-state index in [1.165, 1.54) is 17.8 Å². The summed E-state index contributed by atoms with van der Waals surface area (Å²) in [6.45, 7) is 6.43. The van der Waals surface area contributed by atoms with E-state index >= 15 is 0 Å². The molecule has 4 rings (SSSR count). The zero-order valence-electron chi connectivity index (χ0n) is 18.7. The van der Waals surface area contributed by atoms with Crippen LogP contribution in [0.5, 0.6) is 0 Å². The van der Waals surface area contributed by atoms with E-state index in [0.29, 0.717) is 24.7 Å². The molecule has 0 unspecified atom stereocenters. The topological polar surface area (TPSA) is 104 Å². The molecule has 34 heavy (non-hydrogen) atoms. The molecule has 0 aliphatic carbocycles. The van der Waals surface area contributed by atoms with Gasteiger partial charge in [-0.25, -0.2) is 18.4 Å². The lowest BCUT2D eigenvalue weighted by Crippen LogP contribution is -2.40. The van der Waals surface area contributed by atoms with Crippen LogP contribution in [0.4, 0.5) is 23.0 Å². The zero-order chi connectivity index (χ0) is 24.1. The first-order chi connectivity index (χ1) is 16.3. The van der Waals surface area contributed by atoms with Gasteiger partial charge in [-0.15, -0.1) is 0 Å². The molecule has 8 nitrogen and oxygen atoms in total. The van der Waals surface area contributed by atoms with Gasteiger partial charge in [0.1, 0.15) is 5.03 Å². The number of hydrogen-bond donors (Lipinski definition) is 2. The number of benzene rings is 2. The molecule has 1 amide bonds. The first-order valence-corrected chi connectivity index (χ1v) is 13.3. The van der Waals surface area contributed by atoms with E-state index in [1.807, 2.05) is 55.5 Å². The smallest absolute Gasteiger partial charge is 0.247 e. The second-order valence-corrected chi connectivity index (χ2v) is 11.2. The van der Waals surface area contributed by atoms with Gasteiger partial charge in [-0.1, -0.05) is 18.3 Å². The van der Waals surface area contributed by atoms with Crippen molar-refractivity contribution in [3.63, 3.8) is 0 Å². The molecule has 1 fully saturated rings. The van der Waals surface area contributed by atoms with Crippen LogP contribution in [-0.2, 0) is 14.6 Å². The summed E-state index contributed by atoms with van der Waals surface area (Å²) in [7, 11) is -2.90. The van der Waals surface area contributed by atoms with Gasteiger partial charge in [0, 0.05) is 46.8 Å². The van der Waals surface area contributed by atoms with Crippen LogP contribution < -0.4 is 15.5 Å². The normalized spacial score (nSPS) is 14.9. The van der Waals surface area contributed by atoms with Crippen LogP contribution in [0.25, 0.3) is 0 Å². The average molecular weight is 496 g/mol. The summed E-state index contributed by atoms with van der Waals surface area (Å²) < 4.78 is 23.3. The number of nitrogens with one attached hydrogen (secondary N) is 2. The molecule has 1 saturated heterocycles. The fraction of sp³-hybridized carbons (Fsp3) is 0.208. The molecule has 0 bridgehead atoms. The van der Waals surface area contributed by atoms with Crippen LogP contribution in [0.15, 0.2) is 77.3 Å². The van der Waals surface area contributed by atoms with Crippen LogP contribution in [0.2, 0.25) is 0 Å². The number of anilines is 4. The number of carbonyl (C=O) groups excluding carboxylic acids is 1. The number of aromatic nitrogens is 2. The second kappa shape index (κ2) is 10.3. The molecule has 2 heterocycles. The predicted octanol–water partition coefficient (Wildman–Crippen LogP) is 4.04. The lowest BCUT2D eigenvalue weighted by atomic mass is 10.2. The number of hydrogen-bond acceptors (Lipinski definition) is 8. The third-order valence-corrected chi connectivity index (χ3v) is 8.00. The van der Waals surface area contributed by atoms with Gasteiger partial charge in [-0.3, -0.25) is 4.79 Å². The summed E-state index contributed by atoms with van der Waals surface area (Å²) in [5.74, 6) is 0.618. The molecule has 0 saturated carbocycles. The summed E-state index contributed by atoms with van der Waals surface area (Å²) in [6, 6.07) is 15.3. The molecular weight excluding hydrogens is 470 g/mol. The SMILES string of the molecule is C=CC(=O)Nc1ccc(Sc2nc(Nc3ccc(N4CCS(=O)(=O)CC4)cc3)ncc2C)cc1. The minimum atomic E-state index is -2.90. The molecule has 0 atom stereocenters. The maximum absolute atomic E-state index is 11.6. The highest BCUT2D eigenvalue weighted by molar-refractivity contribution is 7.99. The molecule has 1 aromatic heterocycles. The summed E-state index contributed by atoms with van der Waals surface area (Å²) >= 11 is 1.51. The van der Waals surface area contributed by atoms with Gasteiger partial charge in [0.2, 0.25) is 11.9 Å². The van der Waals surface area contributed by atoms with Crippen molar-refractivity contribution in [2.24, 2.45) is 0 Å². The lowest BCUT2D eigenvalue weighted by molar-refractivity contribution is -0.111. The zero-order valence-corrected chi connectivity index (χ0v) is 20.3. The molecular formula is C24H25N5O3S2.